The van der Waals surface area contributed by atoms with Crippen LogP contribution in [0.2, 0.25) is 0 Å². The summed E-state index contributed by atoms with van der Waals surface area (Å²) in [6, 6.07) is 0. The number of hydrogen-bond acceptors (Lipinski definition) is 3. The number of allylic oxidation sites excluding steroid dienone is 2. The maximum atomic E-state index is 11.0. The van der Waals surface area contributed by atoms with Crippen molar-refractivity contribution >= 4 is 17.9 Å². The van der Waals surface area contributed by atoms with Crippen LogP contribution in [0.5, 0.6) is 0 Å². The molecule has 0 aliphatic rings. The van der Waals surface area contributed by atoms with Crippen LogP contribution >= 0.6 is 0 Å². The van der Waals surface area contributed by atoms with Crippen molar-refractivity contribution in [3.63, 3.8) is 0 Å². The Bertz CT molecular complexity index is 668. The smallest absolute Gasteiger partial charge is 0.303 e. The Morgan fingerprint density at radius 2 is 0.682 bits per heavy atom. The molecule has 44 heavy (non-hydrogen) atoms. The molecule has 0 unspecified atom stereocenters. The second-order valence-electron chi connectivity index (χ2n) is 13.1. The molecule has 0 amide bonds. The van der Waals surface area contributed by atoms with E-state index < -0.39 is 17.9 Å². The molecule has 0 spiro atoms. The van der Waals surface area contributed by atoms with E-state index in [1.807, 2.05) is 0 Å². The van der Waals surface area contributed by atoms with Crippen LogP contribution in [0, 0.1) is 0 Å². The molecule has 0 heterocycles. The van der Waals surface area contributed by atoms with Gasteiger partial charge in [0.2, 0.25) is 0 Å². The average Bonchev–Trinajstić information content (AvgIpc) is 2.98. The van der Waals surface area contributed by atoms with Gasteiger partial charge in [-0.15, -0.1) is 0 Å². The minimum Gasteiger partial charge on any atom is -0.481 e. The minimum atomic E-state index is -0.770. The summed E-state index contributed by atoms with van der Waals surface area (Å²) in [5, 5.41) is 27.2. The molecule has 0 aliphatic heterocycles. The zero-order valence-corrected chi connectivity index (χ0v) is 28.6. The lowest BCUT2D eigenvalue weighted by Gasteiger charge is -2.39. The number of rotatable bonds is 35. The number of carboxylic acid groups (broad SMARTS) is 3. The Balaban J connectivity index is 4.29. The zero-order valence-electron chi connectivity index (χ0n) is 28.6. The fraction of sp³-hybridized carbons (Fsp3) is 0.865. The van der Waals surface area contributed by atoms with Gasteiger partial charge in [-0.2, -0.15) is 0 Å². The maximum Gasteiger partial charge on any atom is 0.303 e. The largest absolute Gasteiger partial charge is 0.481 e. The molecule has 0 aliphatic carbocycles. The lowest BCUT2D eigenvalue weighted by molar-refractivity contribution is -0.929. The van der Waals surface area contributed by atoms with Gasteiger partial charge in [0.15, 0.2) is 0 Å². The van der Waals surface area contributed by atoms with E-state index in [2.05, 4.69) is 19.1 Å². The molecule has 0 radical (unpaired) electrons. The maximum absolute atomic E-state index is 11.0. The highest BCUT2D eigenvalue weighted by Gasteiger charge is 2.26. The number of aliphatic carboxylic acids is 3. The minimum absolute atomic E-state index is 0.170. The SMILES string of the molecule is CCCCCCCCCCCCCCC/C=C/CCCCC[N+](CCCCC(=O)O)(CCCCC(=O)O)CCCCC(=O)O. The molecule has 7 nitrogen and oxygen atoms in total. The highest BCUT2D eigenvalue weighted by Crippen LogP contribution is 2.19. The van der Waals surface area contributed by atoms with E-state index >= 15 is 0 Å². The van der Waals surface area contributed by atoms with Crippen LogP contribution in [0.4, 0.5) is 0 Å². The molecule has 258 valence electrons. The first-order valence-corrected chi connectivity index (χ1v) is 18.5. The third kappa shape index (κ3) is 30.1. The van der Waals surface area contributed by atoms with Gasteiger partial charge in [-0.3, -0.25) is 14.4 Å². The summed E-state index contributed by atoms with van der Waals surface area (Å²) in [6.07, 6.45) is 33.3. The monoisotopic (exact) mass is 625 g/mol. The van der Waals surface area contributed by atoms with Crippen molar-refractivity contribution < 1.29 is 34.2 Å². The molecular formula is C37H70NO6+. The summed E-state index contributed by atoms with van der Waals surface area (Å²) in [7, 11) is 0. The molecule has 0 saturated carbocycles. The predicted octanol–water partition coefficient (Wildman–Crippen LogP) is 10.2. The second kappa shape index (κ2) is 31.1. The van der Waals surface area contributed by atoms with Crippen LogP contribution < -0.4 is 0 Å². The molecule has 0 atom stereocenters. The number of carbonyl (C=O) groups is 3. The average molecular weight is 625 g/mol. The second-order valence-corrected chi connectivity index (χ2v) is 13.1. The molecule has 0 aromatic rings. The standard InChI is InChI=1S/C37H69NO6/c1-2-3-4-5-6-7-8-9-10-11-12-13-14-15-16-17-18-19-20-24-31-38(32-25-21-28-35(39)40,33-26-22-29-36(41)42)34-27-23-30-37(43)44/h16-17H,2-15,18-34H2,1H3,(H2-,39,40,41,42,43,44)/p+1/b17-16+. The highest BCUT2D eigenvalue weighted by atomic mass is 16.4. The van der Waals surface area contributed by atoms with Crippen molar-refractivity contribution in [2.24, 2.45) is 0 Å². The van der Waals surface area contributed by atoms with Crippen LogP contribution in [0.3, 0.4) is 0 Å². The van der Waals surface area contributed by atoms with Crippen molar-refractivity contribution in [3.05, 3.63) is 12.2 Å². The first-order chi connectivity index (χ1) is 21.3. The number of unbranched alkanes of at least 4 members (excludes halogenated alkanes) is 19. The Kier molecular flexibility index (Phi) is 29.8. The topological polar surface area (TPSA) is 112 Å². The van der Waals surface area contributed by atoms with Gasteiger partial charge >= 0.3 is 17.9 Å². The van der Waals surface area contributed by atoms with Crippen LogP contribution in [-0.2, 0) is 14.4 Å². The quantitative estimate of drug-likeness (QED) is 0.0367. The van der Waals surface area contributed by atoms with Gasteiger partial charge in [0.1, 0.15) is 0 Å². The lowest BCUT2D eigenvalue weighted by Crippen LogP contribution is -2.51. The van der Waals surface area contributed by atoms with E-state index in [0.717, 1.165) is 75.6 Å². The Morgan fingerprint density at radius 3 is 1.00 bits per heavy atom. The van der Waals surface area contributed by atoms with E-state index in [9.17, 15) is 14.4 Å². The van der Waals surface area contributed by atoms with Gasteiger partial charge in [0.25, 0.3) is 0 Å². The van der Waals surface area contributed by atoms with Crippen LogP contribution in [0.15, 0.2) is 12.2 Å². The van der Waals surface area contributed by atoms with Crippen molar-refractivity contribution in [2.75, 3.05) is 26.2 Å². The molecule has 0 bridgehead atoms. The summed E-state index contributed by atoms with van der Waals surface area (Å²) in [6.45, 7) is 5.92. The van der Waals surface area contributed by atoms with E-state index in [4.69, 9.17) is 15.3 Å². The Labute approximate surface area is 270 Å². The molecular weight excluding hydrogens is 554 g/mol. The Morgan fingerprint density at radius 1 is 0.409 bits per heavy atom. The van der Waals surface area contributed by atoms with Crippen LogP contribution in [0.25, 0.3) is 0 Å². The third-order valence-corrected chi connectivity index (χ3v) is 8.96. The summed E-state index contributed by atoms with van der Waals surface area (Å²) in [5.74, 6) is -2.31. The Hall–Kier alpha value is -1.89. The molecule has 0 saturated heterocycles. The third-order valence-electron chi connectivity index (χ3n) is 8.96. The van der Waals surface area contributed by atoms with Gasteiger partial charge in [-0.05, 0) is 77.0 Å². The van der Waals surface area contributed by atoms with Gasteiger partial charge in [0, 0.05) is 19.3 Å². The first-order valence-electron chi connectivity index (χ1n) is 18.5. The van der Waals surface area contributed by atoms with Crippen molar-refractivity contribution in [3.8, 4) is 0 Å². The van der Waals surface area contributed by atoms with Gasteiger partial charge in [-0.25, -0.2) is 0 Å². The van der Waals surface area contributed by atoms with E-state index in [1.165, 1.54) is 89.9 Å². The van der Waals surface area contributed by atoms with Gasteiger partial charge < -0.3 is 19.8 Å². The molecule has 7 heteroatoms. The summed E-state index contributed by atoms with van der Waals surface area (Å²) >= 11 is 0. The normalized spacial score (nSPS) is 11.8. The molecule has 0 aromatic carbocycles. The summed E-state index contributed by atoms with van der Waals surface area (Å²) in [4.78, 5) is 33.1. The molecule has 0 aromatic heterocycles. The molecule has 0 fully saturated rings. The first kappa shape index (κ1) is 42.1. The van der Waals surface area contributed by atoms with Crippen LogP contribution in [0.1, 0.15) is 180 Å². The van der Waals surface area contributed by atoms with Crippen LogP contribution in [-0.4, -0.2) is 63.9 Å². The molecule has 3 N–H and O–H groups in total. The zero-order chi connectivity index (χ0) is 32.6. The van der Waals surface area contributed by atoms with Gasteiger partial charge in [0.05, 0.1) is 26.2 Å². The summed E-state index contributed by atoms with van der Waals surface area (Å²) < 4.78 is 0.855. The van der Waals surface area contributed by atoms with Crippen molar-refractivity contribution in [2.45, 2.75) is 180 Å². The number of carboxylic acids is 3. The number of quaternary nitrogens is 1. The number of hydrogen-bond donors (Lipinski definition) is 3. The van der Waals surface area contributed by atoms with Crippen molar-refractivity contribution in [1.82, 2.24) is 0 Å². The van der Waals surface area contributed by atoms with E-state index in [-0.39, 0.29) is 19.3 Å². The van der Waals surface area contributed by atoms with E-state index in [0.29, 0.717) is 19.3 Å². The number of nitrogens with zero attached hydrogens (tertiary/aromatic N) is 1. The predicted molar refractivity (Wildman–Crippen MR) is 182 cm³/mol. The van der Waals surface area contributed by atoms with Gasteiger partial charge in [-0.1, -0.05) is 96.1 Å². The highest BCUT2D eigenvalue weighted by molar-refractivity contribution is 5.67. The summed E-state index contributed by atoms with van der Waals surface area (Å²) in [5.41, 5.74) is 0. The fourth-order valence-corrected chi connectivity index (χ4v) is 6.24. The van der Waals surface area contributed by atoms with E-state index in [1.54, 1.807) is 0 Å². The fourth-order valence-electron chi connectivity index (χ4n) is 6.24. The lowest BCUT2D eigenvalue weighted by atomic mass is 10.0. The van der Waals surface area contributed by atoms with Crippen molar-refractivity contribution in [1.29, 1.82) is 0 Å². The molecule has 0 rings (SSSR count).